The van der Waals surface area contributed by atoms with Gasteiger partial charge in [0, 0.05) is 45.1 Å². The maximum absolute atomic E-state index is 13.0. The van der Waals surface area contributed by atoms with Crippen molar-refractivity contribution in [2.45, 2.75) is 37.6 Å². The Morgan fingerprint density at radius 1 is 1.17 bits per heavy atom. The Kier molecular flexibility index (Phi) is 5.14. The summed E-state index contributed by atoms with van der Waals surface area (Å²) in [4.78, 5) is 21.4. The van der Waals surface area contributed by atoms with Crippen molar-refractivity contribution < 1.29 is 9.69 Å². The molecule has 2 atom stereocenters. The summed E-state index contributed by atoms with van der Waals surface area (Å²) in [6.07, 6.45) is 6.56. The van der Waals surface area contributed by atoms with Crippen LogP contribution in [0.3, 0.4) is 0 Å². The molecular weight excluding hydrogens is 380 g/mol. The second kappa shape index (κ2) is 7.92. The van der Waals surface area contributed by atoms with E-state index < -0.39 is 0 Å². The lowest BCUT2D eigenvalue weighted by atomic mass is 9.97. The molecule has 1 amide bonds. The molecule has 6 heteroatoms. The summed E-state index contributed by atoms with van der Waals surface area (Å²) < 4.78 is 3.48. The van der Waals surface area contributed by atoms with Crippen molar-refractivity contribution in [3.63, 3.8) is 0 Å². The predicted molar refractivity (Wildman–Crippen MR) is 116 cm³/mol. The molecule has 0 radical (unpaired) electrons. The maximum atomic E-state index is 13.0. The number of piperidine rings is 1. The average molecular weight is 410 g/mol. The first kappa shape index (κ1) is 18.8. The Labute approximate surface area is 175 Å². The molecule has 1 N–H and O–H groups in total. The summed E-state index contributed by atoms with van der Waals surface area (Å²) >= 11 is 1.82. The van der Waals surface area contributed by atoms with E-state index in [0.717, 1.165) is 38.0 Å². The quantitative estimate of drug-likeness (QED) is 0.720. The third kappa shape index (κ3) is 3.71. The van der Waals surface area contributed by atoms with Gasteiger partial charge >= 0.3 is 0 Å². The van der Waals surface area contributed by atoms with Crippen LogP contribution in [0.15, 0.2) is 42.6 Å². The van der Waals surface area contributed by atoms with E-state index in [0.29, 0.717) is 24.4 Å². The van der Waals surface area contributed by atoms with Crippen molar-refractivity contribution in [3.05, 3.63) is 53.3 Å². The number of hydrogen-bond acceptors (Lipinski definition) is 3. The molecule has 29 heavy (non-hydrogen) atoms. The van der Waals surface area contributed by atoms with Crippen molar-refractivity contribution >= 4 is 27.5 Å². The van der Waals surface area contributed by atoms with Crippen molar-refractivity contribution in [2.24, 2.45) is 7.05 Å². The number of nitrogens with one attached hydrogen (secondary N) is 1. The molecule has 2 aromatic heterocycles. The Morgan fingerprint density at radius 2 is 2.00 bits per heavy atom. The van der Waals surface area contributed by atoms with Crippen LogP contribution in [0.5, 0.6) is 0 Å². The largest absolute Gasteiger partial charge is 0.350 e. The number of carbonyl (C=O) groups is 1. The fraction of sp³-hybridized carbons (Fsp3) is 0.478. The molecule has 4 heterocycles. The van der Waals surface area contributed by atoms with Gasteiger partial charge in [-0.05, 0) is 37.1 Å². The highest BCUT2D eigenvalue weighted by Gasteiger charge is 2.35. The zero-order valence-corrected chi connectivity index (χ0v) is 17.8. The van der Waals surface area contributed by atoms with Crippen LogP contribution in [0.4, 0.5) is 0 Å². The maximum Gasteiger partial charge on any atom is 0.277 e. The van der Waals surface area contributed by atoms with Crippen LogP contribution in [-0.2, 0) is 11.8 Å². The number of fused-ring (bicyclic) bond motifs is 1. The van der Waals surface area contributed by atoms with Crippen LogP contribution in [0.25, 0.3) is 10.2 Å². The van der Waals surface area contributed by atoms with Gasteiger partial charge < -0.3 is 14.4 Å². The van der Waals surface area contributed by atoms with Crippen LogP contribution < -0.4 is 4.90 Å². The molecule has 2 saturated heterocycles. The molecule has 1 unspecified atom stereocenters. The summed E-state index contributed by atoms with van der Waals surface area (Å²) in [5.74, 6) is 0.815. The van der Waals surface area contributed by atoms with Gasteiger partial charge in [-0.2, -0.15) is 0 Å². The number of likely N-dealkylation sites (tertiary alicyclic amines) is 2. The summed E-state index contributed by atoms with van der Waals surface area (Å²) in [6.45, 7) is 3.45. The highest BCUT2D eigenvalue weighted by molar-refractivity contribution is 7.18. The molecular formula is C23H29N4OS+. The number of benzene rings is 1. The van der Waals surface area contributed by atoms with Gasteiger partial charge in [-0.25, -0.2) is 4.98 Å². The molecule has 0 bridgehead atoms. The lowest BCUT2D eigenvalue weighted by Gasteiger charge is -2.32. The minimum atomic E-state index is 0.323. The average Bonchev–Trinajstić information content (AvgIpc) is 3.47. The Bertz CT molecular complexity index is 968. The number of para-hydroxylation sites is 1. The van der Waals surface area contributed by atoms with Gasteiger partial charge in [-0.15, -0.1) is 11.3 Å². The summed E-state index contributed by atoms with van der Waals surface area (Å²) in [5, 5.41) is 1.24. The lowest BCUT2D eigenvalue weighted by molar-refractivity contribution is -0.911. The number of aromatic nitrogens is 2. The standard InChI is InChI=1S/C23H28N4OS/c1-25-12-4-7-19(25)20-8-5-13-27(20)16-22(28)26-14-10-17(11-15-26)23-24-18-6-2-3-9-21(18)29-23/h2-4,6-7,9,12,17,20H,5,8,10-11,13-16H2,1H3/p+1/t20-/m0/s1. The molecule has 2 aliphatic heterocycles. The molecule has 5 nitrogen and oxygen atoms in total. The van der Waals surface area contributed by atoms with Crippen LogP contribution in [-0.4, -0.2) is 46.5 Å². The minimum absolute atomic E-state index is 0.323. The second-order valence-electron chi connectivity index (χ2n) is 8.50. The van der Waals surface area contributed by atoms with Crippen molar-refractivity contribution in [2.75, 3.05) is 26.2 Å². The van der Waals surface area contributed by atoms with Gasteiger partial charge in [-0.1, -0.05) is 12.1 Å². The molecule has 2 aliphatic rings. The van der Waals surface area contributed by atoms with E-state index in [1.54, 1.807) is 0 Å². The monoisotopic (exact) mass is 409 g/mol. The Hall–Kier alpha value is -2.18. The van der Waals surface area contributed by atoms with Gasteiger partial charge in [0.25, 0.3) is 5.91 Å². The molecule has 152 valence electrons. The summed E-state index contributed by atoms with van der Waals surface area (Å²) in [6, 6.07) is 13.2. The van der Waals surface area contributed by atoms with E-state index in [2.05, 4.69) is 59.1 Å². The fourth-order valence-electron chi connectivity index (χ4n) is 5.06. The first-order valence-corrected chi connectivity index (χ1v) is 11.6. The number of carbonyl (C=O) groups excluding carboxylic acids is 1. The van der Waals surface area contributed by atoms with Crippen LogP contribution >= 0.6 is 11.3 Å². The number of hydrogen-bond donors (Lipinski definition) is 1. The van der Waals surface area contributed by atoms with E-state index in [1.807, 2.05) is 11.3 Å². The highest BCUT2D eigenvalue weighted by atomic mass is 32.1. The third-order valence-electron chi connectivity index (χ3n) is 6.71. The number of quaternary nitrogens is 1. The molecule has 0 aliphatic carbocycles. The van der Waals surface area contributed by atoms with Gasteiger partial charge in [0.05, 0.1) is 27.5 Å². The smallest absolute Gasteiger partial charge is 0.277 e. The molecule has 2 fully saturated rings. The first-order valence-electron chi connectivity index (χ1n) is 10.8. The Morgan fingerprint density at radius 3 is 2.76 bits per heavy atom. The summed E-state index contributed by atoms with van der Waals surface area (Å²) in [5.41, 5.74) is 2.47. The zero-order valence-electron chi connectivity index (χ0n) is 17.0. The Balaban J connectivity index is 1.19. The van der Waals surface area contributed by atoms with Crippen molar-refractivity contribution in [1.82, 2.24) is 14.5 Å². The number of nitrogens with zero attached hydrogens (tertiary/aromatic N) is 3. The van der Waals surface area contributed by atoms with Crippen LogP contribution in [0.1, 0.15) is 48.3 Å². The fourth-order valence-corrected chi connectivity index (χ4v) is 6.20. The van der Waals surface area contributed by atoms with E-state index >= 15 is 0 Å². The number of aryl methyl sites for hydroxylation is 1. The van der Waals surface area contributed by atoms with E-state index in [1.165, 1.54) is 33.1 Å². The number of thiazole rings is 1. The lowest BCUT2D eigenvalue weighted by Crippen LogP contribution is -3.11. The molecule has 0 spiro atoms. The molecule has 0 saturated carbocycles. The third-order valence-corrected chi connectivity index (χ3v) is 7.91. The van der Waals surface area contributed by atoms with Crippen LogP contribution in [0.2, 0.25) is 0 Å². The van der Waals surface area contributed by atoms with E-state index in [4.69, 9.17) is 4.98 Å². The second-order valence-corrected chi connectivity index (χ2v) is 9.56. The normalized spacial score (nSPS) is 23.1. The summed E-state index contributed by atoms with van der Waals surface area (Å²) in [7, 11) is 2.11. The van der Waals surface area contributed by atoms with E-state index in [-0.39, 0.29) is 0 Å². The highest BCUT2D eigenvalue weighted by Crippen LogP contribution is 2.33. The van der Waals surface area contributed by atoms with Crippen molar-refractivity contribution in [3.8, 4) is 0 Å². The van der Waals surface area contributed by atoms with Gasteiger partial charge in [0.15, 0.2) is 6.54 Å². The number of amides is 1. The zero-order chi connectivity index (χ0) is 19.8. The minimum Gasteiger partial charge on any atom is -0.350 e. The molecule has 3 aromatic rings. The predicted octanol–water partition coefficient (Wildman–Crippen LogP) is 2.76. The van der Waals surface area contributed by atoms with Gasteiger partial charge in [0.2, 0.25) is 0 Å². The SMILES string of the molecule is Cn1cccc1[C@@H]1CCC[NH+]1CC(=O)N1CCC(c2nc3ccccc3s2)CC1. The van der Waals surface area contributed by atoms with E-state index in [9.17, 15) is 4.79 Å². The first-order chi connectivity index (χ1) is 14.2. The number of rotatable bonds is 4. The van der Waals surface area contributed by atoms with Crippen molar-refractivity contribution in [1.29, 1.82) is 0 Å². The molecule has 5 rings (SSSR count). The van der Waals surface area contributed by atoms with Gasteiger partial charge in [-0.3, -0.25) is 4.79 Å². The van der Waals surface area contributed by atoms with Gasteiger partial charge in [0.1, 0.15) is 6.04 Å². The topological polar surface area (TPSA) is 42.6 Å². The van der Waals surface area contributed by atoms with Crippen LogP contribution in [0, 0.1) is 0 Å². The molecule has 1 aromatic carbocycles.